The molecule has 4 aromatic rings. The molecule has 1 fully saturated rings. The molecule has 0 spiro atoms. The number of carbonyl (C=O) groups excluding carboxylic acids is 2. The number of nitro groups is 1. The Morgan fingerprint density at radius 2 is 1.54 bits per heavy atom. The topological polar surface area (TPSA) is 139 Å². The molecule has 1 aliphatic carbocycles. The fourth-order valence-corrected chi connectivity index (χ4v) is 7.33. The highest BCUT2D eigenvalue weighted by molar-refractivity contribution is 7.92. The minimum absolute atomic E-state index is 0.0237. The van der Waals surface area contributed by atoms with Crippen molar-refractivity contribution in [3.8, 4) is 5.75 Å². The number of nitrogens with one attached hydrogen (secondary N) is 1. The third kappa shape index (κ3) is 8.37. The number of sulfonamides is 1. The van der Waals surface area contributed by atoms with Crippen LogP contribution in [0.2, 0.25) is 0 Å². The van der Waals surface area contributed by atoms with Gasteiger partial charge in [-0.3, -0.25) is 24.0 Å². The average Bonchev–Trinajstić information content (AvgIpc) is 3.62. The molecule has 5 rings (SSSR count). The van der Waals surface area contributed by atoms with Crippen molar-refractivity contribution in [2.45, 2.75) is 55.6 Å². The second kappa shape index (κ2) is 15.6. The van der Waals surface area contributed by atoms with E-state index in [1.54, 1.807) is 42.5 Å². The monoisotopic (exact) mass is 670 g/mol. The summed E-state index contributed by atoms with van der Waals surface area (Å²) >= 11 is 0. The van der Waals surface area contributed by atoms with Gasteiger partial charge in [-0.25, -0.2) is 8.42 Å². The van der Waals surface area contributed by atoms with E-state index in [1.165, 1.54) is 42.3 Å². The molecular weight excluding hydrogens is 632 g/mol. The molecule has 1 N–H and O–H groups in total. The second-order valence-corrected chi connectivity index (χ2v) is 13.5. The van der Waals surface area contributed by atoms with E-state index in [0.717, 1.165) is 41.6 Å². The van der Waals surface area contributed by atoms with Crippen LogP contribution in [-0.2, 0) is 32.6 Å². The highest BCUT2D eigenvalue weighted by atomic mass is 32.2. The number of hydrogen-bond donors (Lipinski definition) is 1. The minimum Gasteiger partial charge on any atom is -0.497 e. The third-order valence-electron chi connectivity index (χ3n) is 8.40. The number of carbonyl (C=O) groups is 2. The van der Waals surface area contributed by atoms with Crippen LogP contribution in [0.3, 0.4) is 0 Å². The second-order valence-electron chi connectivity index (χ2n) is 11.7. The van der Waals surface area contributed by atoms with Gasteiger partial charge in [0.25, 0.3) is 15.7 Å². The third-order valence-corrected chi connectivity index (χ3v) is 10.2. The molecule has 1 unspecified atom stereocenters. The maximum absolute atomic E-state index is 14.6. The summed E-state index contributed by atoms with van der Waals surface area (Å²) in [5, 5.41) is 14.8. The Balaban J connectivity index is 1.59. The largest absolute Gasteiger partial charge is 0.497 e. The van der Waals surface area contributed by atoms with Crippen LogP contribution in [0.15, 0.2) is 114 Å². The van der Waals surface area contributed by atoms with Crippen molar-refractivity contribution in [1.82, 2.24) is 10.2 Å². The van der Waals surface area contributed by atoms with Gasteiger partial charge in [0.15, 0.2) is 0 Å². The van der Waals surface area contributed by atoms with Crippen LogP contribution in [0.4, 0.5) is 11.4 Å². The Bertz CT molecular complexity index is 1830. The molecule has 11 nitrogen and oxygen atoms in total. The lowest BCUT2D eigenvalue weighted by Crippen LogP contribution is -2.54. The molecule has 0 heterocycles. The van der Waals surface area contributed by atoms with Gasteiger partial charge >= 0.3 is 0 Å². The molecule has 2 amide bonds. The van der Waals surface area contributed by atoms with Crippen molar-refractivity contribution in [2.75, 3.05) is 18.0 Å². The Labute approximate surface area is 280 Å². The molecule has 1 aliphatic rings. The molecule has 1 saturated carbocycles. The molecule has 48 heavy (non-hydrogen) atoms. The van der Waals surface area contributed by atoms with Gasteiger partial charge in [0.1, 0.15) is 18.3 Å². The Hall–Kier alpha value is -5.23. The zero-order valence-electron chi connectivity index (χ0n) is 26.6. The van der Waals surface area contributed by atoms with E-state index >= 15 is 0 Å². The predicted molar refractivity (Wildman–Crippen MR) is 182 cm³/mol. The van der Waals surface area contributed by atoms with Crippen molar-refractivity contribution in [3.05, 3.63) is 130 Å². The van der Waals surface area contributed by atoms with Crippen LogP contribution in [0.1, 0.15) is 36.8 Å². The molecule has 0 radical (unpaired) electrons. The average molecular weight is 671 g/mol. The molecule has 250 valence electrons. The smallest absolute Gasteiger partial charge is 0.271 e. The quantitative estimate of drug-likeness (QED) is 0.138. The van der Waals surface area contributed by atoms with Crippen molar-refractivity contribution < 1.29 is 27.7 Å². The molecule has 0 aromatic heterocycles. The van der Waals surface area contributed by atoms with Crippen LogP contribution < -0.4 is 14.4 Å². The number of anilines is 1. The van der Waals surface area contributed by atoms with E-state index < -0.39 is 33.4 Å². The van der Waals surface area contributed by atoms with E-state index in [4.69, 9.17) is 4.74 Å². The number of hydrogen-bond acceptors (Lipinski definition) is 7. The molecule has 4 aromatic carbocycles. The lowest BCUT2D eigenvalue weighted by molar-refractivity contribution is -0.384. The number of benzene rings is 4. The van der Waals surface area contributed by atoms with Crippen LogP contribution in [0.5, 0.6) is 5.75 Å². The van der Waals surface area contributed by atoms with Crippen LogP contribution in [0, 0.1) is 10.1 Å². The van der Waals surface area contributed by atoms with E-state index in [2.05, 4.69) is 5.32 Å². The van der Waals surface area contributed by atoms with Crippen molar-refractivity contribution in [1.29, 1.82) is 0 Å². The summed E-state index contributed by atoms with van der Waals surface area (Å²) in [5.41, 5.74) is 1.10. The number of nitro benzene ring substituents is 1. The summed E-state index contributed by atoms with van der Waals surface area (Å²) in [4.78, 5) is 41.1. The van der Waals surface area contributed by atoms with Gasteiger partial charge in [0.2, 0.25) is 11.8 Å². The van der Waals surface area contributed by atoms with E-state index in [-0.39, 0.29) is 41.2 Å². The van der Waals surface area contributed by atoms with Crippen molar-refractivity contribution in [3.63, 3.8) is 0 Å². The minimum atomic E-state index is -4.39. The van der Waals surface area contributed by atoms with Crippen LogP contribution in [0.25, 0.3) is 0 Å². The van der Waals surface area contributed by atoms with E-state index in [9.17, 15) is 28.1 Å². The fourth-order valence-electron chi connectivity index (χ4n) is 5.90. The van der Waals surface area contributed by atoms with Crippen LogP contribution in [-0.4, -0.2) is 55.8 Å². The first kappa shape index (κ1) is 34.1. The molecule has 0 bridgehead atoms. The molecule has 12 heteroatoms. The number of rotatable bonds is 14. The predicted octanol–water partition coefficient (Wildman–Crippen LogP) is 5.50. The van der Waals surface area contributed by atoms with Gasteiger partial charge < -0.3 is 15.0 Å². The number of ether oxygens (including phenoxy) is 1. The molecule has 0 saturated heterocycles. The summed E-state index contributed by atoms with van der Waals surface area (Å²) < 4.78 is 34.5. The summed E-state index contributed by atoms with van der Waals surface area (Å²) in [6.07, 6.45) is 3.84. The molecule has 1 atom stereocenters. The Morgan fingerprint density at radius 3 is 2.21 bits per heavy atom. The van der Waals surface area contributed by atoms with Gasteiger partial charge in [-0.15, -0.1) is 0 Å². The summed E-state index contributed by atoms with van der Waals surface area (Å²) in [5.74, 6) is -0.444. The standard InChI is InChI=1S/C36H38N4O7S/c1-47-32-19-10-14-28(22-32)25-38(34(23-27-12-4-2-5-13-27)36(42)37-29-15-8-9-16-29)35(41)26-39(30-17-11-18-31(24-30)40(43)44)48(45,46)33-20-6-3-7-21-33/h2-7,10-14,17-22,24,29,34H,8-9,15-16,23,25-26H2,1H3,(H,37,42). The van der Waals surface area contributed by atoms with E-state index in [1.807, 2.05) is 30.3 Å². The number of methoxy groups -OCH3 is 1. The van der Waals surface area contributed by atoms with Gasteiger partial charge in [0.05, 0.1) is 22.6 Å². The highest BCUT2D eigenvalue weighted by Crippen LogP contribution is 2.28. The lowest BCUT2D eigenvalue weighted by atomic mass is 10.0. The highest BCUT2D eigenvalue weighted by Gasteiger charge is 2.36. The Kier molecular flexibility index (Phi) is 11.1. The fraction of sp³-hybridized carbons (Fsp3) is 0.278. The summed E-state index contributed by atoms with van der Waals surface area (Å²) in [6, 6.07) is 28.1. The zero-order chi connectivity index (χ0) is 34.1. The maximum Gasteiger partial charge on any atom is 0.271 e. The maximum atomic E-state index is 14.6. The number of amides is 2. The first-order valence-corrected chi connectivity index (χ1v) is 17.2. The molecular formula is C36H38N4O7S. The van der Waals surface area contributed by atoms with Crippen molar-refractivity contribution in [2.24, 2.45) is 0 Å². The SMILES string of the molecule is COc1cccc(CN(C(=O)CN(c2cccc([N+](=O)[O-])c2)S(=O)(=O)c2ccccc2)C(Cc2ccccc2)C(=O)NC2CCCC2)c1. The summed E-state index contributed by atoms with van der Waals surface area (Å²) in [7, 11) is -2.86. The zero-order valence-corrected chi connectivity index (χ0v) is 27.4. The van der Waals surface area contributed by atoms with Gasteiger partial charge in [-0.05, 0) is 54.3 Å². The van der Waals surface area contributed by atoms with Crippen LogP contribution >= 0.6 is 0 Å². The number of non-ortho nitro benzene ring substituents is 1. The number of nitrogens with zero attached hydrogens (tertiary/aromatic N) is 3. The first-order chi connectivity index (χ1) is 23.2. The van der Waals surface area contributed by atoms with Crippen molar-refractivity contribution >= 4 is 33.2 Å². The summed E-state index contributed by atoms with van der Waals surface area (Å²) in [6.45, 7) is -0.746. The Morgan fingerprint density at radius 1 is 0.896 bits per heavy atom. The first-order valence-electron chi connectivity index (χ1n) is 15.7. The van der Waals surface area contributed by atoms with Gasteiger partial charge in [-0.1, -0.05) is 79.6 Å². The lowest BCUT2D eigenvalue weighted by Gasteiger charge is -2.34. The van der Waals surface area contributed by atoms with E-state index in [0.29, 0.717) is 11.3 Å². The van der Waals surface area contributed by atoms with Gasteiger partial charge in [0, 0.05) is 31.1 Å². The normalized spacial score (nSPS) is 13.8. The molecule has 0 aliphatic heterocycles. The van der Waals surface area contributed by atoms with Gasteiger partial charge in [-0.2, -0.15) is 0 Å².